The number of nitrogens with zero attached hydrogens (tertiary/aromatic N) is 3. The highest BCUT2D eigenvalue weighted by Crippen LogP contribution is 2.38. The van der Waals surface area contributed by atoms with E-state index in [-0.39, 0.29) is 29.5 Å². The van der Waals surface area contributed by atoms with Crippen LogP contribution in [0.4, 0.5) is 5.69 Å². The fraction of sp³-hybridized carbons (Fsp3) is 0.450. The summed E-state index contributed by atoms with van der Waals surface area (Å²) in [6, 6.07) is 8.07. The SMILES string of the molecule is CC(=O)N1CCCc2cc(S(=O)(=O)NCCn3nc(C4CC4)ccc3=O)ccc21. The molecule has 29 heavy (non-hydrogen) atoms. The molecule has 0 bridgehead atoms. The van der Waals surface area contributed by atoms with Crippen LogP contribution in [0.2, 0.25) is 0 Å². The lowest BCUT2D eigenvalue weighted by molar-refractivity contribution is -0.116. The minimum absolute atomic E-state index is 0.0500. The molecular weight excluding hydrogens is 392 g/mol. The van der Waals surface area contributed by atoms with E-state index in [1.165, 1.54) is 23.7 Å². The molecule has 0 radical (unpaired) electrons. The average molecular weight is 417 g/mol. The summed E-state index contributed by atoms with van der Waals surface area (Å²) in [6.45, 7) is 2.39. The first kappa shape index (κ1) is 19.8. The number of benzene rings is 1. The van der Waals surface area contributed by atoms with Crippen LogP contribution in [0.3, 0.4) is 0 Å². The Hall–Kier alpha value is -2.52. The van der Waals surface area contributed by atoms with Gasteiger partial charge in [-0.2, -0.15) is 5.10 Å². The van der Waals surface area contributed by atoms with Crippen LogP contribution in [0.15, 0.2) is 40.0 Å². The predicted molar refractivity (Wildman–Crippen MR) is 108 cm³/mol. The van der Waals surface area contributed by atoms with Gasteiger partial charge in [0.1, 0.15) is 0 Å². The number of nitrogens with one attached hydrogen (secondary N) is 1. The van der Waals surface area contributed by atoms with Gasteiger partial charge < -0.3 is 4.90 Å². The summed E-state index contributed by atoms with van der Waals surface area (Å²) in [5, 5.41) is 4.34. The predicted octanol–water partition coefficient (Wildman–Crippen LogP) is 1.40. The van der Waals surface area contributed by atoms with Gasteiger partial charge in [0, 0.05) is 37.7 Å². The van der Waals surface area contributed by atoms with Crippen LogP contribution >= 0.6 is 0 Å². The van der Waals surface area contributed by atoms with E-state index >= 15 is 0 Å². The Labute approximate surface area is 169 Å². The van der Waals surface area contributed by atoms with Crippen LogP contribution in [0, 0.1) is 0 Å². The molecule has 9 heteroatoms. The van der Waals surface area contributed by atoms with Crippen molar-refractivity contribution < 1.29 is 13.2 Å². The van der Waals surface area contributed by atoms with Gasteiger partial charge in [-0.25, -0.2) is 17.8 Å². The molecule has 1 amide bonds. The Morgan fingerprint density at radius 2 is 2.03 bits per heavy atom. The molecule has 0 atom stereocenters. The fourth-order valence-electron chi connectivity index (χ4n) is 3.66. The molecule has 8 nitrogen and oxygen atoms in total. The quantitative estimate of drug-likeness (QED) is 0.767. The van der Waals surface area contributed by atoms with E-state index in [1.807, 2.05) is 0 Å². The molecule has 1 saturated carbocycles. The number of fused-ring (bicyclic) bond motifs is 1. The third-order valence-corrected chi connectivity index (χ3v) is 6.82. The largest absolute Gasteiger partial charge is 0.312 e. The van der Waals surface area contributed by atoms with E-state index < -0.39 is 10.0 Å². The van der Waals surface area contributed by atoms with Crippen molar-refractivity contribution in [2.45, 2.75) is 50.0 Å². The molecule has 1 aliphatic heterocycles. The number of amides is 1. The summed E-state index contributed by atoms with van der Waals surface area (Å²) >= 11 is 0. The minimum Gasteiger partial charge on any atom is -0.312 e. The van der Waals surface area contributed by atoms with Crippen molar-refractivity contribution in [1.29, 1.82) is 0 Å². The second-order valence-corrected chi connectivity index (χ2v) is 9.32. The van der Waals surface area contributed by atoms with Crippen molar-refractivity contribution >= 4 is 21.6 Å². The molecule has 2 aromatic rings. The highest BCUT2D eigenvalue weighted by molar-refractivity contribution is 7.89. The van der Waals surface area contributed by atoms with E-state index in [1.54, 1.807) is 23.1 Å². The monoisotopic (exact) mass is 416 g/mol. The molecule has 0 saturated heterocycles. The standard InChI is InChI=1S/C20H24N4O4S/c1-14(25)23-11-2-3-16-13-17(6-8-19(16)23)29(27,28)21-10-12-24-20(26)9-7-18(22-24)15-4-5-15/h6-9,13,15,21H,2-5,10-12H2,1H3. The van der Waals surface area contributed by atoms with Crippen molar-refractivity contribution in [3.8, 4) is 0 Å². The maximum Gasteiger partial charge on any atom is 0.266 e. The number of sulfonamides is 1. The zero-order valence-electron chi connectivity index (χ0n) is 16.3. The highest BCUT2D eigenvalue weighted by Gasteiger charge is 2.26. The summed E-state index contributed by atoms with van der Waals surface area (Å²) in [5.74, 6) is 0.370. The molecule has 1 N–H and O–H groups in total. The van der Waals surface area contributed by atoms with E-state index in [4.69, 9.17) is 0 Å². The van der Waals surface area contributed by atoms with Gasteiger partial charge in [0.2, 0.25) is 15.9 Å². The number of hydrogen-bond donors (Lipinski definition) is 1. The second kappa shape index (κ2) is 7.72. The van der Waals surface area contributed by atoms with Gasteiger partial charge in [-0.15, -0.1) is 0 Å². The first-order valence-corrected chi connectivity index (χ1v) is 11.3. The molecule has 2 heterocycles. The maximum absolute atomic E-state index is 12.7. The van der Waals surface area contributed by atoms with E-state index in [2.05, 4.69) is 9.82 Å². The van der Waals surface area contributed by atoms with E-state index in [9.17, 15) is 18.0 Å². The number of anilines is 1. The zero-order valence-corrected chi connectivity index (χ0v) is 17.1. The molecule has 4 rings (SSSR count). The highest BCUT2D eigenvalue weighted by atomic mass is 32.2. The van der Waals surface area contributed by atoms with Gasteiger partial charge in [0.25, 0.3) is 5.56 Å². The molecule has 2 aliphatic rings. The van der Waals surface area contributed by atoms with Crippen molar-refractivity contribution in [2.24, 2.45) is 0 Å². The van der Waals surface area contributed by atoms with Crippen LogP contribution in [0.25, 0.3) is 0 Å². The Balaban J connectivity index is 1.46. The number of carbonyl (C=O) groups is 1. The van der Waals surface area contributed by atoms with Crippen molar-refractivity contribution in [3.05, 3.63) is 51.9 Å². The Morgan fingerprint density at radius 3 is 2.76 bits per heavy atom. The molecule has 1 aliphatic carbocycles. The lowest BCUT2D eigenvalue weighted by Crippen LogP contribution is -2.34. The number of rotatable bonds is 6. The van der Waals surface area contributed by atoms with Crippen molar-refractivity contribution in [2.75, 3.05) is 18.0 Å². The Kier molecular flexibility index (Phi) is 5.26. The first-order valence-electron chi connectivity index (χ1n) is 9.84. The number of hydrogen-bond acceptors (Lipinski definition) is 5. The molecule has 1 fully saturated rings. The third kappa shape index (κ3) is 4.25. The van der Waals surface area contributed by atoms with Gasteiger partial charge in [0.05, 0.1) is 17.1 Å². The normalized spacial score (nSPS) is 16.5. The van der Waals surface area contributed by atoms with Crippen LogP contribution in [0.5, 0.6) is 0 Å². The number of aryl methyl sites for hydroxylation is 1. The lowest BCUT2D eigenvalue weighted by atomic mass is 10.0. The Bertz CT molecular complexity index is 1110. The summed E-state index contributed by atoms with van der Waals surface area (Å²) in [4.78, 5) is 25.6. The fourth-order valence-corrected chi connectivity index (χ4v) is 4.73. The zero-order chi connectivity index (χ0) is 20.6. The number of aromatic nitrogens is 2. The molecule has 0 unspecified atom stereocenters. The summed E-state index contributed by atoms with van der Waals surface area (Å²) in [6.07, 6.45) is 3.69. The van der Waals surface area contributed by atoms with Gasteiger partial charge in [-0.05, 0) is 55.5 Å². The summed E-state index contributed by atoms with van der Waals surface area (Å²) in [5.41, 5.74) is 2.27. The van der Waals surface area contributed by atoms with Gasteiger partial charge in [-0.1, -0.05) is 0 Å². The van der Waals surface area contributed by atoms with Crippen LogP contribution in [-0.4, -0.2) is 37.2 Å². The van der Waals surface area contributed by atoms with E-state index in [0.29, 0.717) is 12.5 Å². The van der Waals surface area contributed by atoms with Crippen LogP contribution < -0.4 is 15.2 Å². The van der Waals surface area contributed by atoms with Gasteiger partial charge >= 0.3 is 0 Å². The average Bonchev–Trinajstić information content (AvgIpc) is 3.53. The molecule has 154 valence electrons. The first-order chi connectivity index (χ1) is 13.8. The second-order valence-electron chi connectivity index (χ2n) is 7.56. The summed E-state index contributed by atoms with van der Waals surface area (Å²) in [7, 11) is -3.73. The lowest BCUT2D eigenvalue weighted by Gasteiger charge is -2.28. The van der Waals surface area contributed by atoms with Crippen molar-refractivity contribution in [3.63, 3.8) is 0 Å². The van der Waals surface area contributed by atoms with Crippen LogP contribution in [0.1, 0.15) is 43.4 Å². The molecular formula is C20H24N4O4S. The molecule has 0 spiro atoms. The Morgan fingerprint density at radius 1 is 1.24 bits per heavy atom. The third-order valence-electron chi connectivity index (χ3n) is 5.36. The molecule has 1 aromatic heterocycles. The molecule has 1 aromatic carbocycles. The summed E-state index contributed by atoms with van der Waals surface area (Å²) < 4.78 is 29.2. The van der Waals surface area contributed by atoms with Gasteiger partial charge in [-0.3, -0.25) is 9.59 Å². The smallest absolute Gasteiger partial charge is 0.266 e. The topological polar surface area (TPSA) is 101 Å². The minimum atomic E-state index is -3.73. The van der Waals surface area contributed by atoms with Crippen molar-refractivity contribution in [1.82, 2.24) is 14.5 Å². The van der Waals surface area contributed by atoms with Crippen LogP contribution in [-0.2, 0) is 27.8 Å². The number of carbonyl (C=O) groups excluding carboxylic acids is 1. The maximum atomic E-state index is 12.7. The van der Waals surface area contributed by atoms with E-state index in [0.717, 1.165) is 42.6 Å². The van der Waals surface area contributed by atoms with Gasteiger partial charge in [0.15, 0.2) is 0 Å².